The summed E-state index contributed by atoms with van der Waals surface area (Å²) in [5.41, 5.74) is 0. The van der Waals surface area contributed by atoms with Gasteiger partial charge in [-0.1, -0.05) is 18.8 Å². The number of carbonyl (C=O) groups is 1. The highest BCUT2D eigenvalue weighted by atomic mass is 16.5. The number of carbonyl (C=O) groups excluding carboxylic acids is 1. The van der Waals surface area contributed by atoms with Crippen LogP contribution in [-0.4, -0.2) is 24.3 Å². The van der Waals surface area contributed by atoms with Crippen LogP contribution in [0.3, 0.4) is 0 Å². The minimum atomic E-state index is -0.631. The number of methoxy groups -OCH3 is 1. The Bertz CT molecular complexity index is 320. The molecule has 0 aliphatic carbocycles. The molecular weight excluding hydrogens is 180 g/mol. The Morgan fingerprint density at radius 2 is 2.29 bits per heavy atom. The van der Waals surface area contributed by atoms with Crippen molar-refractivity contribution in [3.63, 3.8) is 0 Å². The topological polar surface area (TPSA) is 46.5 Å². The second kappa shape index (κ2) is 7.91. The van der Waals surface area contributed by atoms with Crippen LogP contribution in [0.1, 0.15) is 13.3 Å². The Balaban J connectivity index is 3.99. The third-order valence-corrected chi connectivity index (χ3v) is 1.26. The molecule has 0 amide bonds. The van der Waals surface area contributed by atoms with Crippen LogP contribution in [0.15, 0.2) is 12.2 Å². The molecule has 3 nitrogen and oxygen atoms in total. The molecule has 0 aliphatic rings. The summed E-state index contributed by atoms with van der Waals surface area (Å²) in [6.45, 7) is 1.82. The molecule has 0 bridgehead atoms. The van der Waals surface area contributed by atoms with Crippen molar-refractivity contribution in [3.8, 4) is 23.7 Å². The summed E-state index contributed by atoms with van der Waals surface area (Å²) >= 11 is 0. The fourth-order valence-corrected chi connectivity index (χ4v) is 0.477. The van der Waals surface area contributed by atoms with Gasteiger partial charge in [-0.3, -0.25) is 0 Å². The van der Waals surface area contributed by atoms with E-state index in [0.717, 1.165) is 0 Å². The van der Waals surface area contributed by atoms with Gasteiger partial charge in [0.25, 0.3) is 0 Å². The predicted molar refractivity (Wildman–Crippen MR) is 53.0 cm³/mol. The predicted octanol–water partition coefficient (Wildman–Crippen LogP) is 0.493. The standard InChI is InChI=1S/C11H12O3/c1-3-10(12)8-6-4-5-7-9-11(13)14-2/h7,9-10,12H,3H2,1-2H3. The van der Waals surface area contributed by atoms with Gasteiger partial charge in [0.1, 0.15) is 6.10 Å². The zero-order valence-corrected chi connectivity index (χ0v) is 8.20. The lowest BCUT2D eigenvalue weighted by Crippen LogP contribution is -1.98. The SMILES string of the molecule is CCC(O)C#CC#CC=CC(=O)OC. The van der Waals surface area contributed by atoms with E-state index in [1.165, 1.54) is 19.3 Å². The van der Waals surface area contributed by atoms with Crippen molar-refractivity contribution in [1.29, 1.82) is 0 Å². The quantitative estimate of drug-likeness (QED) is 0.393. The highest BCUT2D eigenvalue weighted by Gasteiger charge is 1.89. The highest BCUT2D eigenvalue weighted by molar-refractivity contribution is 5.82. The summed E-state index contributed by atoms with van der Waals surface area (Å²) < 4.78 is 4.34. The van der Waals surface area contributed by atoms with E-state index in [1.807, 2.05) is 6.92 Å². The van der Waals surface area contributed by atoms with Gasteiger partial charge in [0, 0.05) is 6.08 Å². The molecule has 0 spiro atoms. The number of aliphatic hydroxyl groups excluding tert-OH is 1. The second-order valence-corrected chi connectivity index (χ2v) is 2.32. The van der Waals surface area contributed by atoms with Crippen molar-refractivity contribution in [2.45, 2.75) is 19.4 Å². The van der Waals surface area contributed by atoms with Gasteiger partial charge in [-0.25, -0.2) is 4.79 Å². The third-order valence-electron chi connectivity index (χ3n) is 1.26. The second-order valence-electron chi connectivity index (χ2n) is 2.32. The number of esters is 1. The van der Waals surface area contributed by atoms with Crippen LogP contribution in [0, 0.1) is 23.7 Å². The molecule has 1 N–H and O–H groups in total. The van der Waals surface area contributed by atoms with E-state index >= 15 is 0 Å². The van der Waals surface area contributed by atoms with Crippen molar-refractivity contribution in [2.75, 3.05) is 7.11 Å². The fourth-order valence-electron chi connectivity index (χ4n) is 0.477. The maximum atomic E-state index is 10.5. The number of hydrogen-bond acceptors (Lipinski definition) is 3. The van der Waals surface area contributed by atoms with E-state index in [1.54, 1.807) is 0 Å². The van der Waals surface area contributed by atoms with Crippen LogP contribution in [0.5, 0.6) is 0 Å². The molecule has 0 aromatic carbocycles. The average Bonchev–Trinajstić information content (AvgIpc) is 2.22. The molecule has 0 heterocycles. The van der Waals surface area contributed by atoms with Crippen LogP contribution >= 0.6 is 0 Å². The minimum absolute atomic E-state index is 0.458. The summed E-state index contributed by atoms with van der Waals surface area (Å²) in [5.74, 6) is 9.50. The number of aliphatic hydroxyl groups is 1. The van der Waals surface area contributed by atoms with E-state index < -0.39 is 12.1 Å². The summed E-state index contributed by atoms with van der Waals surface area (Å²) in [6, 6.07) is 0. The van der Waals surface area contributed by atoms with E-state index in [9.17, 15) is 4.79 Å². The molecule has 0 saturated carbocycles. The minimum Gasteiger partial charge on any atom is -0.466 e. The van der Waals surface area contributed by atoms with Gasteiger partial charge in [0.2, 0.25) is 0 Å². The number of rotatable bonds is 2. The monoisotopic (exact) mass is 192 g/mol. The number of hydrogen-bond donors (Lipinski definition) is 1. The maximum Gasteiger partial charge on any atom is 0.331 e. The van der Waals surface area contributed by atoms with Crippen molar-refractivity contribution in [3.05, 3.63) is 12.2 Å². The summed E-state index contributed by atoms with van der Waals surface area (Å²) in [4.78, 5) is 10.5. The van der Waals surface area contributed by atoms with Crippen LogP contribution < -0.4 is 0 Å². The summed E-state index contributed by atoms with van der Waals surface area (Å²) in [5, 5.41) is 9.01. The van der Waals surface area contributed by atoms with Crippen LogP contribution in [0.2, 0.25) is 0 Å². The molecule has 0 radical (unpaired) electrons. The Kier molecular flexibility index (Phi) is 6.95. The normalized spacial score (nSPS) is 10.8. The molecule has 3 heteroatoms. The number of ether oxygens (including phenoxy) is 1. The maximum absolute atomic E-state index is 10.5. The van der Waals surface area contributed by atoms with Crippen molar-refractivity contribution >= 4 is 5.97 Å². The van der Waals surface area contributed by atoms with E-state index in [-0.39, 0.29) is 0 Å². The molecule has 0 aliphatic heterocycles. The molecule has 0 aromatic rings. The smallest absolute Gasteiger partial charge is 0.331 e. The number of allylic oxidation sites excluding steroid dienone is 1. The molecular formula is C11H12O3. The van der Waals surface area contributed by atoms with Gasteiger partial charge in [-0.05, 0) is 24.3 Å². The molecule has 74 valence electrons. The first-order valence-electron chi connectivity index (χ1n) is 4.14. The highest BCUT2D eigenvalue weighted by Crippen LogP contribution is 1.84. The van der Waals surface area contributed by atoms with Gasteiger partial charge in [-0.2, -0.15) is 0 Å². The van der Waals surface area contributed by atoms with Gasteiger partial charge >= 0.3 is 5.97 Å². The average molecular weight is 192 g/mol. The first-order valence-corrected chi connectivity index (χ1v) is 4.14. The van der Waals surface area contributed by atoms with Crippen molar-refractivity contribution < 1.29 is 14.6 Å². The molecule has 0 saturated heterocycles. The van der Waals surface area contributed by atoms with E-state index in [2.05, 4.69) is 28.4 Å². The Morgan fingerprint density at radius 1 is 1.57 bits per heavy atom. The largest absolute Gasteiger partial charge is 0.466 e. The zero-order valence-electron chi connectivity index (χ0n) is 8.20. The Hall–Kier alpha value is -1.71. The first kappa shape index (κ1) is 12.3. The Morgan fingerprint density at radius 3 is 2.86 bits per heavy atom. The lowest BCUT2D eigenvalue weighted by Gasteiger charge is -1.91. The van der Waals surface area contributed by atoms with Crippen molar-refractivity contribution in [1.82, 2.24) is 0 Å². The van der Waals surface area contributed by atoms with Gasteiger partial charge in [0.15, 0.2) is 0 Å². The van der Waals surface area contributed by atoms with Crippen LogP contribution in [0.4, 0.5) is 0 Å². The molecule has 1 atom stereocenters. The summed E-state index contributed by atoms with van der Waals surface area (Å²) in [7, 11) is 1.29. The van der Waals surface area contributed by atoms with Crippen LogP contribution in [0.25, 0.3) is 0 Å². The molecule has 0 aromatic heterocycles. The van der Waals surface area contributed by atoms with Crippen LogP contribution in [-0.2, 0) is 9.53 Å². The molecule has 0 rings (SSSR count). The molecule has 1 unspecified atom stereocenters. The van der Waals surface area contributed by atoms with E-state index in [4.69, 9.17) is 5.11 Å². The first-order chi connectivity index (χ1) is 6.70. The van der Waals surface area contributed by atoms with Gasteiger partial charge in [-0.15, -0.1) is 0 Å². The van der Waals surface area contributed by atoms with E-state index in [0.29, 0.717) is 6.42 Å². The zero-order chi connectivity index (χ0) is 10.8. The third kappa shape index (κ3) is 6.97. The lowest BCUT2D eigenvalue weighted by molar-refractivity contribution is -0.134. The van der Waals surface area contributed by atoms with Gasteiger partial charge in [0.05, 0.1) is 7.11 Å². The molecule has 14 heavy (non-hydrogen) atoms. The van der Waals surface area contributed by atoms with Crippen molar-refractivity contribution in [2.24, 2.45) is 0 Å². The lowest BCUT2D eigenvalue weighted by atomic mass is 10.3. The Labute approximate surface area is 83.8 Å². The molecule has 0 fully saturated rings. The fraction of sp³-hybridized carbons (Fsp3) is 0.364. The van der Waals surface area contributed by atoms with Gasteiger partial charge < -0.3 is 9.84 Å². The summed E-state index contributed by atoms with van der Waals surface area (Å²) in [6.07, 6.45) is 2.49.